The van der Waals surface area contributed by atoms with Crippen molar-refractivity contribution in [3.63, 3.8) is 0 Å². The van der Waals surface area contributed by atoms with Crippen LogP contribution in [0.25, 0.3) is 0 Å². The third-order valence-electron chi connectivity index (χ3n) is 2.77. The third-order valence-corrected chi connectivity index (χ3v) is 3.39. The molecule has 114 valence electrons. The summed E-state index contributed by atoms with van der Waals surface area (Å²) in [6, 6.07) is 5.99. The number of aromatic nitrogens is 2. The first kappa shape index (κ1) is 16.0. The van der Waals surface area contributed by atoms with Crippen LogP contribution in [0.5, 0.6) is 5.75 Å². The standard InChI is InChI=1S/C15H20BrN3O2/c1-10-18-13(21-19-10)9-20-14-11(6-5-7-12(14)16)8-17-15(2,3)4/h5-7,17H,8-9H2,1-4H3. The predicted molar refractivity (Wildman–Crippen MR) is 84.1 cm³/mol. The van der Waals surface area contributed by atoms with Gasteiger partial charge in [-0.25, -0.2) is 0 Å². The monoisotopic (exact) mass is 353 g/mol. The maximum absolute atomic E-state index is 5.85. The van der Waals surface area contributed by atoms with Crippen molar-refractivity contribution in [2.24, 2.45) is 0 Å². The first-order valence-corrected chi connectivity index (χ1v) is 7.59. The summed E-state index contributed by atoms with van der Waals surface area (Å²) in [5.74, 6) is 1.87. The number of halogens is 1. The quantitative estimate of drug-likeness (QED) is 0.889. The number of aryl methyl sites for hydroxylation is 1. The second-order valence-corrected chi connectivity index (χ2v) is 6.71. The molecule has 0 spiro atoms. The number of rotatable bonds is 5. The van der Waals surface area contributed by atoms with Crippen molar-refractivity contribution in [3.05, 3.63) is 40.0 Å². The molecule has 0 radical (unpaired) electrons. The minimum atomic E-state index is 0.0448. The lowest BCUT2D eigenvalue weighted by Crippen LogP contribution is -2.35. The van der Waals surface area contributed by atoms with Gasteiger partial charge in [-0.3, -0.25) is 0 Å². The molecule has 0 amide bonds. The molecule has 0 saturated heterocycles. The lowest BCUT2D eigenvalue weighted by atomic mass is 10.1. The lowest BCUT2D eigenvalue weighted by molar-refractivity contribution is 0.238. The van der Waals surface area contributed by atoms with E-state index >= 15 is 0 Å². The van der Waals surface area contributed by atoms with Crippen molar-refractivity contribution in [1.82, 2.24) is 15.5 Å². The first-order chi connectivity index (χ1) is 9.85. The van der Waals surface area contributed by atoms with Gasteiger partial charge in [0.25, 0.3) is 5.89 Å². The number of nitrogens with zero attached hydrogens (tertiary/aromatic N) is 2. The molecule has 21 heavy (non-hydrogen) atoms. The van der Waals surface area contributed by atoms with Crippen LogP contribution in [-0.4, -0.2) is 15.7 Å². The fraction of sp³-hybridized carbons (Fsp3) is 0.467. The van der Waals surface area contributed by atoms with Crippen molar-refractivity contribution in [2.75, 3.05) is 0 Å². The highest BCUT2D eigenvalue weighted by molar-refractivity contribution is 9.10. The molecule has 2 aromatic rings. The minimum Gasteiger partial charge on any atom is -0.482 e. The fourth-order valence-electron chi connectivity index (χ4n) is 1.75. The van der Waals surface area contributed by atoms with Gasteiger partial charge in [0.05, 0.1) is 4.47 Å². The maximum atomic E-state index is 5.85. The van der Waals surface area contributed by atoms with E-state index in [1.165, 1.54) is 0 Å². The predicted octanol–water partition coefficient (Wildman–Crippen LogP) is 3.61. The van der Waals surface area contributed by atoms with Crippen molar-refractivity contribution in [3.8, 4) is 5.75 Å². The van der Waals surface area contributed by atoms with Gasteiger partial charge >= 0.3 is 0 Å². The highest BCUT2D eigenvalue weighted by Crippen LogP contribution is 2.30. The van der Waals surface area contributed by atoms with Crippen LogP contribution in [-0.2, 0) is 13.2 Å². The molecule has 1 aromatic carbocycles. The molecule has 1 aromatic heterocycles. The van der Waals surface area contributed by atoms with E-state index in [0.29, 0.717) is 11.7 Å². The third kappa shape index (κ3) is 4.82. The van der Waals surface area contributed by atoms with Gasteiger partial charge < -0.3 is 14.6 Å². The second kappa shape index (κ2) is 6.58. The molecule has 1 heterocycles. The van der Waals surface area contributed by atoms with Gasteiger partial charge in [-0.05, 0) is 49.7 Å². The van der Waals surface area contributed by atoms with Crippen LogP contribution >= 0.6 is 15.9 Å². The molecule has 0 bridgehead atoms. The van der Waals surface area contributed by atoms with Gasteiger partial charge in [0, 0.05) is 17.6 Å². The van der Waals surface area contributed by atoms with E-state index in [1.807, 2.05) is 18.2 Å². The average Bonchev–Trinajstić information content (AvgIpc) is 2.80. The van der Waals surface area contributed by atoms with Gasteiger partial charge in [0.15, 0.2) is 12.4 Å². The molecule has 5 nitrogen and oxygen atoms in total. The van der Waals surface area contributed by atoms with Crippen LogP contribution in [0, 0.1) is 6.92 Å². The van der Waals surface area contributed by atoms with Crippen LogP contribution < -0.4 is 10.1 Å². The molecule has 0 aliphatic carbocycles. The topological polar surface area (TPSA) is 60.2 Å². The van der Waals surface area contributed by atoms with E-state index in [9.17, 15) is 0 Å². The smallest absolute Gasteiger partial charge is 0.264 e. The molecule has 0 saturated carbocycles. The zero-order valence-electron chi connectivity index (χ0n) is 12.7. The molecule has 0 aliphatic rings. The summed E-state index contributed by atoms with van der Waals surface area (Å²) in [5, 5.41) is 7.21. The first-order valence-electron chi connectivity index (χ1n) is 6.79. The summed E-state index contributed by atoms with van der Waals surface area (Å²) < 4.78 is 11.8. The fourth-order valence-corrected chi connectivity index (χ4v) is 2.27. The maximum Gasteiger partial charge on any atom is 0.264 e. The molecule has 0 fully saturated rings. The number of para-hydroxylation sites is 1. The van der Waals surface area contributed by atoms with E-state index in [1.54, 1.807) is 6.92 Å². The Bertz CT molecular complexity index is 605. The zero-order valence-corrected chi connectivity index (χ0v) is 14.3. The average molecular weight is 354 g/mol. The summed E-state index contributed by atoms with van der Waals surface area (Å²) in [4.78, 5) is 4.14. The number of hydrogen-bond donors (Lipinski definition) is 1. The minimum absolute atomic E-state index is 0.0448. The van der Waals surface area contributed by atoms with E-state index in [4.69, 9.17) is 9.26 Å². The van der Waals surface area contributed by atoms with E-state index < -0.39 is 0 Å². The molecule has 2 rings (SSSR count). The highest BCUT2D eigenvalue weighted by Gasteiger charge is 2.14. The highest BCUT2D eigenvalue weighted by atomic mass is 79.9. The molecule has 6 heteroatoms. The largest absolute Gasteiger partial charge is 0.482 e. The molecule has 0 unspecified atom stereocenters. The van der Waals surface area contributed by atoms with Crippen LogP contribution in [0.3, 0.4) is 0 Å². The second-order valence-electron chi connectivity index (χ2n) is 5.86. The summed E-state index contributed by atoms with van der Waals surface area (Å²) in [7, 11) is 0. The van der Waals surface area contributed by atoms with Gasteiger partial charge in [-0.15, -0.1) is 0 Å². The van der Waals surface area contributed by atoms with Crippen LogP contribution in [0.15, 0.2) is 27.2 Å². The Morgan fingerprint density at radius 2 is 2.10 bits per heavy atom. The van der Waals surface area contributed by atoms with Gasteiger partial charge in [0.1, 0.15) is 5.75 Å². The Labute approximate surface area is 133 Å². The Morgan fingerprint density at radius 3 is 2.71 bits per heavy atom. The van der Waals surface area contributed by atoms with Crippen molar-refractivity contribution in [1.29, 1.82) is 0 Å². The van der Waals surface area contributed by atoms with Crippen molar-refractivity contribution >= 4 is 15.9 Å². The van der Waals surface area contributed by atoms with Crippen LogP contribution in [0.4, 0.5) is 0 Å². The SMILES string of the molecule is Cc1noc(COc2c(Br)cccc2CNC(C)(C)C)n1. The van der Waals surface area contributed by atoms with Gasteiger partial charge in [-0.2, -0.15) is 4.98 Å². The molecule has 0 aliphatic heterocycles. The summed E-state index contributed by atoms with van der Waals surface area (Å²) in [5.41, 5.74) is 1.12. The summed E-state index contributed by atoms with van der Waals surface area (Å²) >= 11 is 3.53. The Hall–Kier alpha value is -1.40. The molecular weight excluding hydrogens is 334 g/mol. The number of hydrogen-bond acceptors (Lipinski definition) is 5. The van der Waals surface area contributed by atoms with Crippen LogP contribution in [0.2, 0.25) is 0 Å². The van der Waals surface area contributed by atoms with E-state index in [-0.39, 0.29) is 12.1 Å². The van der Waals surface area contributed by atoms with Crippen LogP contribution in [0.1, 0.15) is 38.0 Å². The number of nitrogens with one attached hydrogen (secondary N) is 1. The van der Waals surface area contributed by atoms with E-state index in [0.717, 1.165) is 22.3 Å². The number of benzene rings is 1. The Kier molecular flexibility index (Phi) is 5.00. The van der Waals surface area contributed by atoms with Gasteiger partial charge in [0.2, 0.25) is 0 Å². The Morgan fingerprint density at radius 1 is 1.33 bits per heavy atom. The molecular formula is C15H20BrN3O2. The summed E-state index contributed by atoms with van der Waals surface area (Å²) in [6.45, 7) is 9.16. The normalized spacial score (nSPS) is 11.7. The van der Waals surface area contributed by atoms with Crippen molar-refractivity contribution in [2.45, 2.75) is 46.4 Å². The number of ether oxygens (including phenoxy) is 1. The zero-order chi connectivity index (χ0) is 15.5. The van der Waals surface area contributed by atoms with Gasteiger partial charge in [-0.1, -0.05) is 17.3 Å². The molecule has 1 N–H and O–H groups in total. The van der Waals surface area contributed by atoms with Crippen molar-refractivity contribution < 1.29 is 9.26 Å². The molecule has 0 atom stereocenters. The van der Waals surface area contributed by atoms with E-state index in [2.05, 4.69) is 52.2 Å². The lowest BCUT2D eigenvalue weighted by Gasteiger charge is -2.22. The summed E-state index contributed by atoms with van der Waals surface area (Å²) in [6.07, 6.45) is 0. The Balaban J connectivity index is 2.10.